The first-order valence-electron chi connectivity index (χ1n) is 8.48. The Balaban J connectivity index is 2.17. The Bertz CT molecular complexity index is 856. The van der Waals surface area contributed by atoms with E-state index in [1.54, 1.807) is 0 Å². The second-order valence-corrected chi connectivity index (χ2v) is 6.10. The summed E-state index contributed by atoms with van der Waals surface area (Å²) in [6.07, 6.45) is 0. The number of aryl methyl sites for hydroxylation is 1. The zero-order chi connectivity index (χ0) is 20.7. The maximum atomic E-state index is 13.9. The van der Waals surface area contributed by atoms with E-state index >= 15 is 0 Å². The van der Waals surface area contributed by atoms with Gasteiger partial charge < -0.3 is 19.9 Å². The smallest absolute Gasteiger partial charge is 0.330 e. The number of benzene rings is 2. The minimum atomic E-state index is -1.38. The first-order valence-corrected chi connectivity index (χ1v) is 8.48. The molecule has 0 aromatic heterocycles. The largest absolute Gasteiger partial charge is 0.479 e. The normalized spacial score (nSPS) is 11.9. The maximum absolute atomic E-state index is 13.9. The van der Waals surface area contributed by atoms with Crippen LogP contribution in [0.15, 0.2) is 36.4 Å². The van der Waals surface area contributed by atoms with Crippen LogP contribution in [-0.4, -0.2) is 37.3 Å². The molecule has 28 heavy (non-hydrogen) atoms. The lowest BCUT2D eigenvalue weighted by molar-refractivity contribution is -0.139. The van der Waals surface area contributed by atoms with E-state index < -0.39 is 29.6 Å². The quantitative estimate of drug-likeness (QED) is 0.640. The number of methoxy groups -OCH3 is 1. The summed E-state index contributed by atoms with van der Waals surface area (Å²) in [6.45, 7) is 2.04. The fourth-order valence-corrected chi connectivity index (χ4v) is 2.50. The highest BCUT2D eigenvalue weighted by Gasteiger charge is 2.23. The van der Waals surface area contributed by atoms with E-state index in [0.717, 1.165) is 12.1 Å². The second kappa shape index (κ2) is 9.91. The number of carboxylic acids is 1. The van der Waals surface area contributed by atoms with Crippen molar-refractivity contribution in [3.63, 3.8) is 0 Å². The van der Waals surface area contributed by atoms with Crippen molar-refractivity contribution in [1.29, 1.82) is 0 Å². The minimum absolute atomic E-state index is 0.0597. The SMILES string of the molecule is COCCOCc1cc(C(=O)NC(C(=O)O)c2ccc(F)c(C)c2)ccc1F. The molecule has 0 saturated carbocycles. The van der Waals surface area contributed by atoms with Crippen LogP contribution in [0.25, 0.3) is 0 Å². The fraction of sp³-hybridized carbons (Fsp3) is 0.300. The average molecular weight is 393 g/mol. The summed E-state index contributed by atoms with van der Waals surface area (Å²) in [5, 5.41) is 11.8. The number of hydrogen-bond acceptors (Lipinski definition) is 4. The number of aliphatic carboxylic acids is 1. The van der Waals surface area contributed by atoms with Crippen LogP contribution >= 0.6 is 0 Å². The first-order chi connectivity index (χ1) is 13.3. The van der Waals surface area contributed by atoms with Crippen molar-refractivity contribution in [1.82, 2.24) is 5.32 Å². The Morgan fingerprint density at radius 2 is 1.82 bits per heavy atom. The molecule has 0 fully saturated rings. The molecular formula is C20H21F2NO5. The van der Waals surface area contributed by atoms with E-state index in [1.807, 2.05) is 0 Å². The summed E-state index contributed by atoms with van der Waals surface area (Å²) in [7, 11) is 1.51. The molecule has 2 aromatic carbocycles. The van der Waals surface area contributed by atoms with Crippen molar-refractivity contribution in [2.75, 3.05) is 20.3 Å². The Hall–Kier alpha value is -2.84. The van der Waals surface area contributed by atoms with Crippen LogP contribution in [0.3, 0.4) is 0 Å². The number of carbonyl (C=O) groups excluding carboxylic acids is 1. The van der Waals surface area contributed by atoms with Crippen molar-refractivity contribution >= 4 is 11.9 Å². The highest BCUT2D eigenvalue weighted by atomic mass is 19.1. The molecule has 0 aliphatic carbocycles. The molecule has 2 N–H and O–H groups in total. The van der Waals surface area contributed by atoms with Crippen LogP contribution in [0.2, 0.25) is 0 Å². The first kappa shape index (κ1) is 21.5. The third-order valence-electron chi connectivity index (χ3n) is 4.03. The van der Waals surface area contributed by atoms with Crippen LogP contribution < -0.4 is 5.32 Å². The van der Waals surface area contributed by atoms with E-state index in [9.17, 15) is 23.5 Å². The van der Waals surface area contributed by atoms with Gasteiger partial charge in [0.25, 0.3) is 5.91 Å². The molecule has 1 unspecified atom stereocenters. The van der Waals surface area contributed by atoms with Gasteiger partial charge in [0.2, 0.25) is 0 Å². The summed E-state index contributed by atoms with van der Waals surface area (Å²) in [6, 6.07) is 6.07. The van der Waals surface area contributed by atoms with Crippen molar-refractivity contribution in [3.8, 4) is 0 Å². The number of nitrogens with one attached hydrogen (secondary N) is 1. The van der Waals surface area contributed by atoms with Gasteiger partial charge in [-0.3, -0.25) is 4.79 Å². The molecule has 0 spiro atoms. The van der Waals surface area contributed by atoms with Crippen LogP contribution in [0.5, 0.6) is 0 Å². The third kappa shape index (κ3) is 5.58. The summed E-state index contributed by atoms with van der Waals surface area (Å²) in [4.78, 5) is 24.1. The lowest BCUT2D eigenvalue weighted by Gasteiger charge is -2.16. The molecule has 2 rings (SSSR count). The number of carbonyl (C=O) groups is 2. The molecule has 0 aliphatic heterocycles. The number of halogens is 2. The van der Waals surface area contributed by atoms with Gasteiger partial charge in [0.15, 0.2) is 6.04 Å². The molecule has 1 amide bonds. The van der Waals surface area contributed by atoms with Gasteiger partial charge in [0.05, 0.1) is 19.8 Å². The molecule has 6 nitrogen and oxygen atoms in total. The summed E-state index contributed by atoms with van der Waals surface area (Å²) in [5.41, 5.74) is 0.727. The Morgan fingerprint density at radius 1 is 1.11 bits per heavy atom. The van der Waals surface area contributed by atoms with E-state index in [-0.39, 0.29) is 35.5 Å². The number of ether oxygens (including phenoxy) is 2. The lowest BCUT2D eigenvalue weighted by Crippen LogP contribution is -2.34. The Morgan fingerprint density at radius 3 is 2.46 bits per heavy atom. The highest BCUT2D eigenvalue weighted by molar-refractivity contribution is 5.97. The Labute approximate surface area is 161 Å². The molecule has 150 valence electrons. The van der Waals surface area contributed by atoms with Gasteiger partial charge in [-0.25, -0.2) is 13.6 Å². The van der Waals surface area contributed by atoms with E-state index in [2.05, 4.69) is 5.32 Å². The predicted molar refractivity (Wildman–Crippen MR) is 96.9 cm³/mol. The molecular weight excluding hydrogens is 372 g/mol. The molecule has 0 radical (unpaired) electrons. The topological polar surface area (TPSA) is 84.9 Å². The number of carboxylic acid groups (broad SMARTS) is 1. The van der Waals surface area contributed by atoms with Crippen molar-refractivity contribution < 1.29 is 33.0 Å². The molecule has 0 bridgehead atoms. The number of rotatable bonds is 9. The zero-order valence-electron chi connectivity index (χ0n) is 15.5. The predicted octanol–water partition coefficient (Wildman–Crippen LogP) is 2.99. The minimum Gasteiger partial charge on any atom is -0.479 e. The molecule has 1 atom stereocenters. The summed E-state index contributed by atoms with van der Waals surface area (Å²) >= 11 is 0. The zero-order valence-corrected chi connectivity index (χ0v) is 15.5. The van der Waals surface area contributed by atoms with Gasteiger partial charge in [0, 0.05) is 18.2 Å². The standard InChI is InChI=1S/C20H21F2NO5/c1-12-9-13(3-5-16(12)21)18(20(25)26)23-19(24)14-4-6-17(22)15(10-14)11-28-8-7-27-2/h3-6,9-10,18H,7-8,11H2,1-2H3,(H,23,24)(H,25,26). The third-order valence-corrected chi connectivity index (χ3v) is 4.03. The van der Waals surface area contributed by atoms with Gasteiger partial charge in [-0.2, -0.15) is 0 Å². The van der Waals surface area contributed by atoms with Crippen molar-refractivity contribution in [2.45, 2.75) is 19.6 Å². The van der Waals surface area contributed by atoms with E-state index in [1.165, 1.54) is 38.3 Å². The van der Waals surface area contributed by atoms with Gasteiger partial charge in [-0.1, -0.05) is 12.1 Å². The summed E-state index contributed by atoms with van der Waals surface area (Å²) < 4.78 is 37.4. The van der Waals surface area contributed by atoms with Crippen LogP contribution in [0.4, 0.5) is 8.78 Å². The fourth-order valence-electron chi connectivity index (χ4n) is 2.50. The van der Waals surface area contributed by atoms with Crippen molar-refractivity contribution in [2.24, 2.45) is 0 Å². The average Bonchev–Trinajstić information content (AvgIpc) is 2.66. The molecule has 2 aromatic rings. The summed E-state index contributed by atoms with van der Waals surface area (Å²) in [5.74, 6) is -3.02. The van der Waals surface area contributed by atoms with Crippen molar-refractivity contribution in [3.05, 3.63) is 70.3 Å². The second-order valence-electron chi connectivity index (χ2n) is 6.10. The van der Waals surface area contributed by atoms with Gasteiger partial charge >= 0.3 is 5.97 Å². The van der Waals surface area contributed by atoms with E-state index in [0.29, 0.717) is 6.61 Å². The van der Waals surface area contributed by atoms with E-state index in [4.69, 9.17) is 9.47 Å². The molecule has 0 saturated heterocycles. The van der Waals surface area contributed by atoms with Gasteiger partial charge in [-0.15, -0.1) is 0 Å². The number of amides is 1. The van der Waals surface area contributed by atoms with Gasteiger partial charge in [0.1, 0.15) is 11.6 Å². The van der Waals surface area contributed by atoms with Crippen LogP contribution in [-0.2, 0) is 20.9 Å². The maximum Gasteiger partial charge on any atom is 0.330 e. The molecule has 0 heterocycles. The number of hydrogen-bond donors (Lipinski definition) is 2. The molecule has 0 aliphatic rings. The highest BCUT2D eigenvalue weighted by Crippen LogP contribution is 2.19. The van der Waals surface area contributed by atoms with Gasteiger partial charge in [-0.05, 0) is 42.3 Å². The van der Waals surface area contributed by atoms with Crippen LogP contribution in [0.1, 0.15) is 33.1 Å². The monoisotopic (exact) mass is 393 g/mol. The molecule has 8 heteroatoms. The lowest BCUT2D eigenvalue weighted by atomic mass is 10.0. The Kier molecular flexibility index (Phi) is 7.60. The van der Waals surface area contributed by atoms with Crippen LogP contribution in [0, 0.1) is 18.6 Å².